The van der Waals surface area contributed by atoms with E-state index >= 15 is 0 Å². The van der Waals surface area contributed by atoms with Gasteiger partial charge in [-0.05, 0) is 23.8 Å². The first-order valence-corrected chi connectivity index (χ1v) is 9.36. The van der Waals surface area contributed by atoms with Gasteiger partial charge in [-0.3, -0.25) is 9.59 Å². The van der Waals surface area contributed by atoms with Crippen molar-refractivity contribution in [1.82, 2.24) is 0 Å². The first kappa shape index (κ1) is 17.0. The third-order valence-corrected chi connectivity index (χ3v) is 6.26. The van der Waals surface area contributed by atoms with Crippen LogP contribution in [0, 0.1) is 0 Å². The molecule has 0 bridgehead atoms. The third kappa shape index (κ3) is 3.05. The Balaban J connectivity index is 1.94. The molecule has 8 heteroatoms. The molecular formula is C16H11Cl2NO4S. The van der Waals surface area contributed by atoms with Gasteiger partial charge >= 0.3 is 0 Å². The summed E-state index contributed by atoms with van der Waals surface area (Å²) in [6, 6.07) is 10.7. The van der Waals surface area contributed by atoms with Crippen molar-refractivity contribution in [2.24, 2.45) is 0 Å². The van der Waals surface area contributed by atoms with Crippen LogP contribution in [0.15, 0.2) is 42.5 Å². The molecule has 1 heterocycles. The Labute approximate surface area is 148 Å². The average molecular weight is 384 g/mol. The smallest absolute Gasteiger partial charge is 0.250 e. The van der Waals surface area contributed by atoms with Crippen LogP contribution in [0.1, 0.15) is 15.9 Å². The van der Waals surface area contributed by atoms with Crippen LogP contribution in [0.4, 0.5) is 5.69 Å². The molecule has 2 aromatic rings. The zero-order valence-electron chi connectivity index (χ0n) is 12.1. The number of fused-ring (bicyclic) bond motifs is 1. The highest BCUT2D eigenvalue weighted by atomic mass is 35.5. The predicted molar refractivity (Wildman–Crippen MR) is 92.3 cm³/mol. The second-order valence-electron chi connectivity index (χ2n) is 5.33. The highest BCUT2D eigenvalue weighted by Gasteiger charge is 2.44. The molecule has 0 aromatic heterocycles. The van der Waals surface area contributed by atoms with Crippen LogP contribution >= 0.6 is 23.2 Å². The van der Waals surface area contributed by atoms with Gasteiger partial charge in [-0.25, -0.2) is 8.42 Å². The molecule has 0 saturated carbocycles. The van der Waals surface area contributed by atoms with E-state index in [4.69, 9.17) is 23.2 Å². The molecule has 1 amide bonds. The Morgan fingerprint density at radius 1 is 1.08 bits per heavy atom. The molecule has 0 saturated heterocycles. The van der Waals surface area contributed by atoms with E-state index in [1.807, 2.05) is 0 Å². The summed E-state index contributed by atoms with van der Waals surface area (Å²) < 4.78 is 24.8. The molecule has 5 nitrogen and oxygen atoms in total. The molecule has 0 radical (unpaired) electrons. The summed E-state index contributed by atoms with van der Waals surface area (Å²) in [5.74, 6) is -1.99. The van der Waals surface area contributed by atoms with Gasteiger partial charge < -0.3 is 5.32 Å². The highest BCUT2D eigenvalue weighted by molar-refractivity contribution is 7.93. The van der Waals surface area contributed by atoms with Gasteiger partial charge in [0.25, 0.3) is 5.91 Å². The van der Waals surface area contributed by atoms with E-state index in [9.17, 15) is 18.0 Å². The minimum atomic E-state index is -3.94. The summed E-state index contributed by atoms with van der Waals surface area (Å²) in [5.41, 5.74) is 0.916. The van der Waals surface area contributed by atoms with Crippen LogP contribution in [-0.2, 0) is 20.4 Å². The van der Waals surface area contributed by atoms with Gasteiger partial charge in [0, 0.05) is 11.3 Å². The second kappa shape index (κ2) is 6.20. The summed E-state index contributed by atoms with van der Waals surface area (Å²) in [5, 5.41) is 1.14. The molecule has 1 atom stereocenters. The van der Waals surface area contributed by atoms with Gasteiger partial charge in [0.2, 0.25) is 5.25 Å². The lowest BCUT2D eigenvalue weighted by Crippen LogP contribution is -2.45. The van der Waals surface area contributed by atoms with Gasteiger partial charge in [-0.2, -0.15) is 0 Å². The van der Waals surface area contributed by atoms with Gasteiger partial charge in [0.15, 0.2) is 15.6 Å². The molecule has 124 valence electrons. The van der Waals surface area contributed by atoms with Crippen LogP contribution in [0.5, 0.6) is 0 Å². The van der Waals surface area contributed by atoms with Crippen molar-refractivity contribution in [3.05, 3.63) is 63.6 Å². The molecular weight excluding hydrogens is 373 g/mol. The monoisotopic (exact) mass is 383 g/mol. The first-order valence-electron chi connectivity index (χ1n) is 6.89. The van der Waals surface area contributed by atoms with E-state index < -0.39 is 26.8 Å². The quantitative estimate of drug-likeness (QED) is 0.807. The molecule has 1 N–H and O–H groups in total. The van der Waals surface area contributed by atoms with E-state index in [1.165, 1.54) is 24.3 Å². The van der Waals surface area contributed by atoms with Crippen molar-refractivity contribution in [1.29, 1.82) is 0 Å². The summed E-state index contributed by atoms with van der Waals surface area (Å²) in [7, 11) is -3.94. The van der Waals surface area contributed by atoms with Crippen molar-refractivity contribution in [2.45, 2.75) is 11.0 Å². The number of nitrogens with one attached hydrogen (secondary N) is 1. The Hall–Kier alpha value is -1.89. The Bertz CT molecular complexity index is 956. The minimum Gasteiger partial charge on any atom is -0.325 e. The highest BCUT2D eigenvalue weighted by Crippen LogP contribution is 2.28. The summed E-state index contributed by atoms with van der Waals surface area (Å²) in [4.78, 5) is 24.9. The lowest BCUT2D eigenvalue weighted by Gasteiger charge is -2.23. The van der Waals surface area contributed by atoms with Gasteiger partial charge in [0.05, 0.1) is 15.8 Å². The van der Waals surface area contributed by atoms with E-state index in [1.54, 1.807) is 18.2 Å². The zero-order valence-corrected chi connectivity index (χ0v) is 14.5. The molecule has 24 heavy (non-hydrogen) atoms. The number of hydrogen-bond donors (Lipinski definition) is 1. The van der Waals surface area contributed by atoms with Gasteiger partial charge in [-0.15, -0.1) is 0 Å². The first-order chi connectivity index (χ1) is 11.3. The molecule has 1 aliphatic heterocycles. The zero-order chi connectivity index (χ0) is 17.5. The molecule has 0 spiro atoms. The molecule has 1 unspecified atom stereocenters. The van der Waals surface area contributed by atoms with Crippen molar-refractivity contribution >= 4 is 50.4 Å². The maximum atomic E-state index is 12.5. The fraction of sp³-hybridized carbons (Fsp3) is 0.125. The Kier molecular flexibility index (Phi) is 4.38. The van der Waals surface area contributed by atoms with Gasteiger partial charge in [-0.1, -0.05) is 47.5 Å². The van der Waals surface area contributed by atoms with Crippen LogP contribution in [0.2, 0.25) is 10.0 Å². The van der Waals surface area contributed by atoms with Crippen LogP contribution in [0.3, 0.4) is 0 Å². The summed E-state index contributed by atoms with van der Waals surface area (Å²) in [6.07, 6.45) is 0. The fourth-order valence-electron chi connectivity index (χ4n) is 2.55. The van der Waals surface area contributed by atoms with Crippen LogP contribution in [-0.4, -0.2) is 25.4 Å². The summed E-state index contributed by atoms with van der Waals surface area (Å²) >= 11 is 11.7. The maximum absolute atomic E-state index is 12.5. The van der Waals surface area contributed by atoms with Crippen molar-refractivity contribution in [3.63, 3.8) is 0 Å². The predicted octanol–water partition coefficient (Wildman–Crippen LogP) is 3.11. The number of hydrogen-bond acceptors (Lipinski definition) is 4. The topological polar surface area (TPSA) is 80.3 Å². The molecule has 3 rings (SSSR count). The number of ketones is 1. The average Bonchev–Trinajstić information content (AvgIpc) is 2.50. The van der Waals surface area contributed by atoms with Gasteiger partial charge in [0.1, 0.15) is 0 Å². The Morgan fingerprint density at radius 2 is 1.79 bits per heavy atom. The van der Waals surface area contributed by atoms with Crippen molar-refractivity contribution in [2.75, 3.05) is 5.32 Å². The SMILES string of the molecule is O=C(Nc1ccc(Cl)c(Cl)c1)C1C(=O)c2ccccc2CS1(=O)=O. The molecule has 0 fully saturated rings. The standard InChI is InChI=1S/C16H11Cl2NO4S/c17-12-6-5-10(7-13(12)18)19-16(21)15-14(20)11-4-2-1-3-9(11)8-24(15,22)23/h1-7,15H,8H2,(H,19,21). The number of sulfone groups is 1. The van der Waals surface area contributed by atoms with E-state index in [0.29, 0.717) is 10.6 Å². The lowest BCUT2D eigenvalue weighted by molar-refractivity contribution is -0.115. The van der Waals surface area contributed by atoms with E-state index in [-0.39, 0.29) is 22.0 Å². The molecule has 2 aromatic carbocycles. The number of carbonyl (C=O) groups excluding carboxylic acids is 2. The molecule has 0 aliphatic carbocycles. The number of rotatable bonds is 2. The summed E-state index contributed by atoms with van der Waals surface area (Å²) in [6.45, 7) is 0. The fourth-order valence-corrected chi connectivity index (χ4v) is 4.54. The largest absolute Gasteiger partial charge is 0.325 e. The third-order valence-electron chi connectivity index (χ3n) is 3.66. The minimum absolute atomic E-state index is 0.206. The number of carbonyl (C=O) groups is 2. The van der Waals surface area contributed by atoms with E-state index in [2.05, 4.69) is 5.32 Å². The second-order valence-corrected chi connectivity index (χ2v) is 8.23. The Morgan fingerprint density at radius 3 is 2.50 bits per heavy atom. The number of Topliss-reactive ketones (excluding diaryl/α,β-unsaturated/α-hetero) is 1. The van der Waals surface area contributed by atoms with Crippen LogP contribution in [0.25, 0.3) is 0 Å². The van der Waals surface area contributed by atoms with Crippen molar-refractivity contribution in [3.8, 4) is 0 Å². The van der Waals surface area contributed by atoms with Crippen molar-refractivity contribution < 1.29 is 18.0 Å². The number of halogens is 2. The van der Waals surface area contributed by atoms with Crippen LogP contribution < -0.4 is 5.32 Å². The number of anilines is 1. The lowest BCUT2D eigenvalue weighted by atomic mass is 10.0. The number of benzene rings is 2. The number of amides is 1. The van der Waals surface area contributed by atoms with E-state index in [0.717, 1.165) is 0 Å². The normalized spacial score (nSPS) is 18.8. The molecule has 1 aliphatic rings. The maximum Gasteiger partial charge on any atom is 0.250 e.